The van der Waals surface area contributed by atoms with E-state index in [1.54, 1.807) is 24.5 Å². The molecule has 1 unspecified atom stereocenters. The first-order valence-corrected chi connectivity index (χ1v) is 12.6. The Balaban J connectivity index is 1.56. The van der Waals surface area contributed by atoms with Crippen LogP contribution in [0.3, 0.4) is 0 Å². The Labute approximate surface area is 230 Å². The minimum atomic E-state index is -1.16. The van der Waals surface area contributed by atoms with Gasteiger partial charge in [-0.25, -0.2) is 0 Å². The van der Waals surface area contributed by atoms with Crippen LogP contribution in [0.4, 0.5) is 0 Å². The lowest BCUT2D eigenvalue weighted by Crippen LogP contribution is -2.39. The Morgan fingerprint density at radius 2 is 1.71 bits per heavy atom. The molecule has 1 heterocycles. The summed E-state index contributed by atoms with van der Waals surface area (Å²) in [4.78, 5) is 15.4. The van der Waals surface area contributed by atoms with Crippen LogP contribution in [0.15, 0.2) is 85.2 Å². The van der Waals surface area contributed by atoms with E-state index in [0.717, 1.165) is 22.3 Å². The zero-order valence-electron chi connectivity index (χ0n) is 20.3. The van der Waals surface area contributed by atoms with Crippen molar-refractivity contribution in [2.45, 2.75) is 25.8 Å². The lowest BCUT2D eigenvalue weighted by molar-refractivity contribution is -0.140. The van der Waals surface area contributed by atoms with Crippen molar-refractivity contribution < 1.29 is 24.5 Å². The molecule has 0 aliphatic heterocycles. The third-order valence-electron chi connectivity index (χ3n) is 5.80. The maximum atomic E-state index is 11.3. The Morgan fingerprint density at radius 3 is 2.42 bits per heavy atom. The molecule has 7 nitrogen and oxygen atoms in total. The number of nitrogens with one attached hydrogen (secondary N) is 1. The van der Waals surface area contributed by atoms with Crippen molar-refractivity contribution in [1.29, 1.82) is 0 Å². The third kappa shape index (κ3) is 7.02. The summed E-state index contributed by atoms with van der Waals surface area (Å²) in [6.45, 7) is -0.0521. The molecule has 0 amide bonds. The number of aromatic nitrogens is 1. The van der Waals surface area contributed by atoms with E-state index in [0.29, 0.717) is 27.1 Å². The standard InChI is InChI=1S/C29H26Cl2N2O5/c30-24-12-22(15-33-25(16-34)29(35)36)26(37-17-19-6-5-11-32-14-19)13-27(24)38-18-21-9-4-10-23(28(21)31)20-7-2-1-3-8-20/h1-14,25,33-34H,15-18H2,(H,35,36). The molecule has 3 aromatic carbocycles. The van der Waals surface area contributed by atoms with Crippen LogP contribution in [-0.2, 0) is 24.6 Å². The topological polar surface area (TPSA) is 101 Å². The summed E-state index contributed by atoms with van der Waals surface area (Å²) in [6.07, 6.45) is 3.37. The second-order valence-corrected chi connectivity index (χ2v) is 9.21. The van der Waals surface area contributed by atoms with Crippen LogP contribution >= 0.6 is 23.2 Å². The first-order chi connectivity index (χ1) is 18.5. The van der Waals surface area contributed by atoms with Crippen LogP contribution in [0.1, 0.15) is 16.7 Å². The van der Waals surface area contributed by atoms with E-state index in [9.17, 15) is 15.0 Å². The van der Waals surface area contributed by atoms with Gasteiger partial charge in [0.25, 0.3) is 0 Å². The molecule has 0 spiro atoms. The van der Waals surface area contributed by atoms with Gasteiger partial charge in [-0.3, -0.25) is 15.1 Å². The van der Waals surface area contributed by atoms with E-state index in [4.69, 9.17) is 32.7 Å². The second kappa shape index (κ2) is 13.3. The number of rotatable bonds is 12. The number of carboxylic acid groups (broad SMARTS) is 1. The molecule has 0 saturated heterocycles. The van der Waals surface area contributed by atoms with Crippen LogP contribution in [0.5, 0.6) is 11.5 Å². The number of hydrogen-bond donors (Lipinski definition) is 3. The van der Waals surface area contributed by atoms with Gasteiger partial charge in [0, 0.05) is 47.3 Å². The van der Waals surface area contributed by atoms with Crippen molar-refractivity contribution in [2.75, 3.05) is 6.61 Å². The van der Waals surface area contributed by atoms with Gasteiger partial charge in [-0.2, -0.15) is 0 Å². The smallest absolute Gasteiger partial charge is 0.323 e. The second-order valence-electron chi connectivity index (χ2n) is 8.43. The molecular formula is C29H26Cl2N2O5. The summed E-state index contributed by atoms with van der Waals surface area (Å²) < 4.78 is 12.1. The fourth-order valence-electron chi connectivity index (χ4n) is 3.75. The van der Waals surface area contributed by atoms with Gasteiger partial charge >= 0.3 is 5.97 Å². The molecule has 196 valence electrons. The molecule has 0 aliphatic carbocycles. The van der Waals surface area contributed by atoms with Gasteiger partial charge in [-0.05, 0) is 17.7 Å². The van der Waals surface area contributed by atoms with Crippen molar-refractivity contribution in [3.8, 4) is 22.6 Å². The van der Waals surface area contributed by atoms with E-state index < -0.39 is 18.6 Å². The van der Waals surface area contributed by atoms with Crippen LogP contribution in [-0.4, -0.2) is 33.8 Å². The highest BCUT2D eigenvalue weighted by Crippen LogP contribution is 2.36. The molecule has 0 aliphatic rings. The molecule has 0 saturated carbocycles. The highest BCUT2D eigenvalue weighted by atomic mass is 35.5. The molecule has 4 aromatic rings. The molecule has 0 fully saturated rings. The lowest BCUT2D eigenvalue weighted by atomic mass is 10.0. The summed E-state index contributed by atoms with van der Waals surface area (Å²) in [7, 11) is 0. The first-order valence-electron chi connectivity index (χ1n) is 11.8. The van der Waals surface area contributed by atoms with Crippen LogP contribution in [0.2, 0.25) is 10.0 Å². The zero-order valence-corrected chi connectivity index (χ0v) is 21.8. The average molecular weight is 553 g/mol. The number of benzene rings is 3. The van der Waals surface area contributed by atoms with Crippen LogP contribution < -0.4 is 14.8 Å². The number of ether oxygens (including phenoxy) is 2. The maximum Gasteiger partial charge on any atom is 0.323 e. The number of aliphatic hydroxyl groups excluding tert-OH is 1. The number of pyridine rings is 1. The average Bonchev–Trinajstić information content (AvgIpc) is 2.93. The Kier molecular flexibility index (Phi) is 9.56. The number of hydrogen-bond acceptors (Lipinski definition) is 6. The van der Waals surface area contributed by atoms with Gasteiger partial charge in [-0.15, -0.1) is 0 Å². The minimum absolute atomic E-state index is 0.102. The summed E-state index contributed by atoms with van der Waals surface area (Å²) in [5.74, 6) is -0.326. The molecule has 38 heavy (non-hydrogen) atoms. The van der Waals surface area contributed by atoms with Crippen LogP contribution in [0, 0.1) is 0 Å². The Bertz CT molecular complexity index is 1370. The predicted octanol–water partition coefficient (Wildman–Crippen LogP) is 5.75. The lowest BCUT2D eigenvalue weighted by Gasteiger charge is -2.18. The van der Waals surface area contributed by atoms with E-state index in [1.807, 2.05) is 60.7 Å². The molecule has 0 radical (unpaired) electrons. The molecule has 1 aromatic heterocycles. The van der Waals surface area contributed by atoms with Gasteiger partial charge in [0.2, 0.25) is 0 Å². The normalized spacial score (nSPS) is 11.7. The third-order valence-corrected chi connectivity index (χ3v) is 6.54. The number of aliphatic carboxylic acids is 1. The van der Waals surface area contributed by atoms with E-state index >= 15 is 0 Å². The zero-order chi connectivity index (χ0) is 26.9. The summed E-state index contributed by atoms with van der Waals surface area (Å²) >= 11 is 13.3. The van der Waals surface area contributed by atoms with E-state index in [2.05, 4.69) is 10.3 Å². The molecule has 9 heteroatoms. The largest absolute Gasteiger partial charge is 0.488 e. The quantitative estimate of drug-likeness (QED) is 0.206. The van der Waals surface area contributed by atoms with Crippen molar-refractivity contribution in [1.82, 2.24) is 10.3 Å². The van der Waals surface area contributed by atoms with Gasteiger partial charge in [-0.1, -0.05) is 77.8 Å². The van der Waals surface area contributed by atoms with Gasteiger partial charge in [0.05, 0.1) is 16.7 Å². The van der Waals surface area contributed by atoms with Gasteiger partial charge in [0.15, 0.2) is 0 Å². The highest BCUT2D eigenvalue weighted by molar-refractivity contribution is 6.34. The number of carbonyl (C=O) groups is 1. The number of aliphatic hydroxyl groups is 1. The van der Waals surface area contributed by atoms with Crippen molar-refractivity contribution in [3.63, 3.8) is 0 Å². The van der Waals surface area contributed by atoms with Crippen LogP contribution in [0.25, 0.3) is 11.1 Å². The Hall–Kier alpha value is -3.62. The van der Waals surface area contributed by atoms with Crippen molar-refractivity contribution in [2.24, 2.45) is 0 Å². The maximum absolute atomic E-state index is 11.3. The van der Waals surface area contributed by atoms with Crippen molar-refractivity contribution >= 4 is 29.2 Å². The predicted molar refractivity (Wildman–Crippen MR) is 147 cm³/mol. The Morgan fingerprint density at radius 1 is 0.921 bits per heavy atom. The fourth-order valence-corrected chi connectivity index (χ4v) is 4.28. The summed E-state index contributed by atoms with van der Waals surface area (Å²) in [5, 5.41) is 22.3. The summed E-state index contributed by atoms with van der Waals surface area (Å²) in [5.41, 5.74) is 4.16. The number of nitrogens with zero attached hydrogens (tertiary/aromatic N) is 1. The molecule has 3 N–H and O–H groups in total. The fraction of sp³-hybridized carbons (Fsp3) is 0.172. The number of halogens is 2. The van der Waals surface area contributed by atoms with E-state index in [1.165, 1.54) is 0 Å². The molecule has 0 bridgehead atoms. The molecular weight excluding hydrogens is 527 g/mol. The van der Waals surface area contributed by atoms with Gasteiger partial charge < -0.3 is 19.7 Å². The SMILES string of the molecule is O=C(O)C(CO)NCc1cc(Cl)c(OCc2cccc(-c3ccccc3)c2Cl)cc1OCc1cccnc1. The monoisotopic (exact) mass is 552 g/mol. The minimum Gasteiger partial charge on any atom is -0.488 e. The summed E-state index contributed by atoms with van der Waals surface area (Å²) in [6, 6.07) is 21.5. The van der Waals surface area contributed by atoms with Gasteiger partial charge in [0.1, 0.15) is 30.8 Å². The molecule has 1 atom stereocenters. The number of carboxylic acids is 1. The highest BCUT2D eigenvalue weighted by Gasteiger charge is 2.18. The van der Waals surface area contributed by atoms with E-state index in [-0.39, 0.29) is 19.8 Å². The van der Waals surface area contributed by atoms with Crippen molar-refractivity contribution in [3.05, 3.63) is 112 Å². The molecule has 4 rings (SSSR count). The first kappa shape index (κ1) is 27.4.